The van der Waals surface area contributed by atoms with Crippen molar-refractivity contribution >= 4 is 16.0 Å². The lowest BCUT2D eigenvalue weighted by Crippen LogP contribution is -2.28. The number of rotatable bonds is 3. The van der Waals surface area contributed by atoms with E-state index in [1.807, 2.05) is 0 Å². The Balaban J connectivity index is 2.57. The van der Waals surface area contributed by atoms with Gasteiger partial charge in [-0.15, -0.1) is 0 Å². The molecule has 0 unspecified atom stereocenters. The van der Waals surface area contributed by atoms with E-state index >= 15 is 0 Å². The zero-order chi connectivity index (χ0) is 14.2. The lowest BCUT2D eigenvalue weighted by Gasteiger charge is -2.16. The van der Waals surface area contributed by atoms with Gasteiger partial charge < -0.3 is 5.11 Å². The zero-order valence-corrected chi connectivity index (χ0v) is 10.9. The molecule has 0 bridgehead atoms. The highest BCUT2D eigenvalue weighted by atomic mass is 32.2. The maximum absolute atomic E-state index is 13.6. The fourth-order valence-electron chi connectivity index (χ4n) is 1.77. The van der Waals surface area contributed by atoms with Crippen LogP contribution >= 0.6 is 0 Å². The molecule has 1 aromatic rings. The normalized spacial score (nSPS) is 16.7. The summed E-state index contributed by atoms with van der Waals surface area (Å²) in [4.78, 5) is 15.4. The van der Waals surface area contributed by atoms with Gasteiger partial charge in [0.15, 0.2) is 0 Å². The van der Waals surface area contributed by atoms with Crippen molar-refractivity contribution in [1.82, 2.24) is 4.47 Å². The summed E-state index contributed by atoms with van der Waals surface area (Å²) in [6, 6.07) is 1.74. The second kappa shape index (κ2) is 4.87. The summed E-state index contributed by atoms with van der Waals surface area (Å²) in [7, 11) is -4.04. The molecule has 2 rings (SSSR count). The minimum atomic E-state index is -4.04. The number of benzene rings is 1. The third-order valence-electron chi connectivity index (χ3n) is 2.81. The van der Waals surface area contributed by atoms with Gasteiger partial charge in [0.1, 0.15) is 5.82 Å². The highest BCUT2D eigenvalue weighted by Crippen LogP contribution is 2.26. The van der Waals surface area contributed by atoms with Crippen molar-refractivity contribution in [2.24, 2.45) is 0 Å². The Bertz CT molecular complexity index is 622. The monoisotopic (exact) mass is 289 g/mol. The number of carboxylic acids is 1. The van der Waals surface area contributed by atoms with Crippen molar-refractivity contribution in [3.8, 4) is 0 Å². The lowest BCUT2D eigenvalue weighted by atomic mass is 10.1. The van der Waals surface area contributed by atoms with Crippen molar-refractivity contribution in [2.45, 2.75) is 18.2 Å². The zero-order valence-electron chi connectivity index (χ0n) is 10.1. The summed E-state index contributed by atoms with van der Waals surface area (Å²) >= 11 is 0. The van der Waals surface area contributed by atoms with Crippen LogP contribution in [0.1, 0.15) is 22.3 Å². The van der Waals surface area contributed by atoms with Gasteiger partial charge in [-0.2, -0.15) is 0 Å². The Hall–Kier alpha value is -1.51. The highest BCUT2D eigenvalue weighted by molar-refractivity contribution is 7.89. The third kappa shape index (κ3) is 2.46. The number of sulfonamides is 1. The SMILES string of the molecule is Cc1c(F)cc(C(=O)O)cc1S(=O)(=O)N1CCCO1. The predicted molar refractivity (Wildman–Crippen MR) is 62.6 cm³/mol. The maximum Gasteiger partial charge on any atom is 0.335 e. The van der Waals surface area contributed by atoms with Crippen LogP contribution in [0.3, 0.4) is 0 Å². The van der Waals surface area contributed by atoms with Crippen LogP contribution in [0.4, 0.5) is 4.39 Å². The van der Waals surface area contributed by atoms with E-state index in [4.69, 9.17) is 9.94 Å². The van der Waals surface area contributed by atoms with Crippen LogP contribution in [0, 0.1) is 12.7 Å². The molecule has 19 heavy (non-hydrogen) atoms. The molecule has 1 saturated heterocycles. The molecule has 1 heterocycles. The molecular weight excluding hydrogens is 277 g/mol. The van der Waals surface area contributed by atoms with E-state index < -0.39 is 27.4 Å². The van der Waals surface area contributed by atoms with Crippen molar-refractivity contribution in [3.05, 3.63) is 29.1 Å². The fourth-order valence-corrected chi connectivity index (χ4v) is 3.33. The van der Waals surface area contributed by atoms with Gasteiger partial charge in [-0.1, -0.05) is 4.47 Å². The van der Waals surface area contributed by atoms with Crippen molar-refractivity contribution in [3.63, 3.8) is 0 Å². The summed E-state index contributed by atoms with van der Waals surface area (Å²) in [6.45, 7) is 1.71. The molecule has 0 atom stereocenters. The molecule has 1 fully saturated rings. The number of halogens is 1. The topological polar surface area (TPSA) is 83.9 Å². The van der Waals surface area contributed by atoms with Crippen LogP contribution in [0.2, 0.25) is 0 Å². The first kappa shape index (κ1) is 13.9. The standard InChI is InChI=1S/C11H12FNO5S/c1-7-9(12)5-8(11(14)15)6-10(7)19(16,17)13-3-2-4-18-13/h5-6H,2-4H2,1H3,(H,14,15). The molecular formula is C11H12FNO5S. The molecule has 0 amide bonds. The first-order chi connectivity index (χ1) is 8.84. The summed E-state index contributed by atoms with van der Waals surface area (Å²) in [6.07, 6.45) is 0.541. The molecule has 104 valence electrons. The van der Waals surface area contributed by atoms with Crippen molar-refractivity contribution in [1.29, 1.82) is 0 Å². The van der Waals surface area contributed by atoms with Gasteiger partial charge >= 0.3 is 5.97 Å². The number of hydroxylamine groups is 1. The first-order valence-electron chi connectivity index (χ1n) is 5.53. The van der Waals surface area contributed by atoms with Gasteiger partial charge in [-0.05, 0) is 25.5 Å². The van der Waals surface area contributed by atoms with Crippen LogP contribution in [0.5, 0.6) is 0 Å². The van der Waals surface area contributed by atoms with Gasteiger partial charge in [0, 0.05) is 12.1 Å². The van der Waals surface area contributed by atoms with E-state index in [2.05, 4.69) is 0 Å². The summed E-state index contributed by atoms with van der Waals surface area (Å²) in [5, 5.41) is 8.85. The highest BCUT2D eigenvalue weighted by Gasteiger charge is 2.31. The van der Waals surface area contributed by atoms with Crippen LogP contribution in [0.15, 0.2) is 17.0 Å². The number of carbonyl (C=O) groups is 1. The largest absolute Gasteiger partial charge is 0.478 e. The first-order valence-corrected chi connectivity index (χ1v) is 6.97. The molecule has 8 heteroatoms. The second-order valence-electron chi connectivity index (χ2n) is 4.10. The van der Waals surface area contributed by atoms with Gasteiger partial charge in [0.25, 0.3) is 10.0 Å². The number of aromatic carboxylic acids is 1. The number of carboxylic acid groups (broad SMARTS) is 1. The van der Waals surface area contributed by atoms with E-state index in [0.717, 1.165) is 16.6 Å². The quantitative estimate of drug-likeness (QED) is 0.902. The molecule has 0 spiro atoms. The van der Waals surface area contributed by atoms with E-state index in [1.54, 1.807) is 0 Å². The van der Waals surface area contributed by atoms with Crippen LogP contribution in [-0.4, -0.2) is 37.1 Å². The van der Waals surface area contributed by atoms with Crippen LogP contribution < -0.4 is 0 Å². The van der Waals surface area contributed by atoms with E-state index in [0.29, 0.717) is 6.42 Å². The third-order valence-corrected chi connectivity index (χ3v) is 4.61. The molecule has 1 aliphatic heterocycles. The summed E-state index contributed by atoms with van der Waals surface area (Å²) in [5.74, 6) is -2.27. The Morgan fingerprint density at radius 3 is 2.68 bits per heavy atom. The molecule has 0 aromatic heterocycles. The molecule has 6 nitrogen and oxygen atoms in total. The summed E-state index contributed by atoms with van der Waals surface area (Å²) in [5.41, 5.74) is -0.540. The molecule has 1 aliphatic rings. The number of hydrogen-bond acceptors (Lipinski definition) is 4. The van der Waals surface area contributed by atoms with E-state index in [-0.39, 0.29) is 23.6 Å². The molecule has 1 N–H and O–H groups in total. The van der Waals surface area contributed by atoms with Crippen molar-refractivity contribution in [2.75, 3.05) is 13.2 Å². The Labute approximate surface area is 109 Å². The minimum absolute atomic E-state index is 0.125. The second-order valence-corrected chi connectivity index (χ2v) is 5.90. The molecule has 1 aromatic carbocycles. The average molecular weight is 289 g/mol. The molecule has 0 aliphatic carbocycles. The minimum Gasteiger partial charge on any atom is -0.478 e. The Morgan fingerprint density at radius 1 is 1.47 bits per heavy atom. The number of hydrogen-bond donors (Lipinski definition) is 1. The maximum atomic E-state index is 13.6. The van der Waals surface area contributed by atoms with Gasteiger partial charge in [0.2, 0.25) is 0 Å². The smallest absolute Gasteiger partial charge is 0.335 e. The van der Waals surface area contributed by atoms with Crippen molar-refractivity contribution < 1.29 is 27.5 Å². The molecule has 0 saturated carbocycles. The Kier molecular flexibility index (Phi) is 3.57. The van der Waals surface area contributed by atoms with Gasteiger partial charge in [-0.25, -0.2) is 17.6 Å². The lowest BCUT2D eigenvalue weighted by molar-refractivity contribution is -0.0285. The average Bonchev–Trinajstić information content (AvgIpc) is 2.86. The van der Waals surface area contributed by atoms with E-state index in [9.17, 15) is 17.6 Å². The number of nitrogens with zero attached hydrogens (tertiary/aromatic N) is 1. The fraction of sp³-hybridized carbons (Fsp3) is 0.364. The van der Waals surface area contributed by atoms with Gasteiger partial charge in [0.05, 0.1) is 17.1 Å². The molecule has 0 radical (unpaired) electrons. The van der Waals surface area contributed by atoms with E-state index in [1.165, 1.54) is 6.92 Å². The van der Waals surface area contributed by atoms with Crippen LogP contribution in [0.25, 0.3) is 0 Å². The summed E-state index contributed by atoms with van der Waals surface area (Å²) < 4.78 is 38.8. The van der Waals surface area contributed by atoms with Gasteiger partial charge in [-0.3, -0.25) is 4.84 Å². The van der Waals surface area contributed by atoms with Crippen LogP contribution in [-0.2, 0) is 14.9 Å². The Morgan fingerprint density at radius 2 is 2.16 bits per heavy atom. The predicted octanol–water partition coefficient (Wildman–Crippen LogP) is 1.16.